The highest BCUT2D eigenvalue weighted by molar-refractivity contribution is 5.13. The Bertz CT molecular complexity index is 652. The van der Waals surface area contributed by atoms with E-state index in [2.05, 4.69) is 52.0 Å². The summed E-state index contributed by atoms with van der Waals surface area (Å²) in [6.45, 7) is 10.2. The second-order valence-electron chi connectivity index (χ2n) is 9.63. The molecule has 0 amide bonds. The molecule has 0 radical (unpaired) electrons. The minimum atomic E-state index is -0.491. The maximum absolute atomic E-state index is 9.63. The van der Waals surface area contributed by atoms with Gasteiger partial charge in [0, 0.05) is 25.4 Å². The molecule has 2 aliphatic heterocycles. The first-order chi connectivity index (χ1) is 14.4. The lowest BCUT2D eigenvalue weighted by Gasteiger charge is -2.50. The van der Waals surface area contributed by atoms with Crippen molar-refractivity contribution in [2.45, 2.75) is 78.0 Å². The zero-order chi connectivity index (χ0) is 21.6. The smallest absolute Gasteiger partial charge is 0.169 e. The minimum Gasteiger partial charge on any atom is -0.396 e. The molecule has 0 aliphatic carbocycles. The van der Waals surface area contributed by atoms with E-state index in [-0.39, 0.29) is 24.7 Å². The number of aliphatic hydroxyl groups excluding tert-OH is 1. The first-order valence-corrected chi connectivity index (χ1v) is 11.7. The normalized spacial score (nSPS) is 34.3. The highest BCUT2D eigenvalue weighted by Gasteiger charge is 2.47. The third kappa shape index (κ3) is 6.16. The molecule has 1 spiro atoms. The topological polar surface area (TPSA) is 47.9 Å². The van der Waals surface area contributed by atoms with Crippen LogP contribution in [0.5, 0.6) is 0 Å². The van der Waals surface area contributed by atoms with Crippen LogP contribution in [0.1, 0.15) is 58.9 Å². The molecule has 0 saturated carbocycles. The summed E-state index contributed by atoms with van der Waals surface area (Å²) in [5.74, 6) is 0.903. The van der Waals surface area contributed by atoms with Crippen molar-refractivity contribution in [3.05, 3.63) is 48.0 Å². The molecule has 1 N–H and O–H groups in total. The van der Waals surface area contributed by atoms with Crippen LogP contribution < -0.4 is 0 Å². The second kappa shape index (κ2) is 10.9. The maximum atomic E-state index is 9.63. The Morgan fingerprint density at radius 2 is 1.80 bits per heavy atom. The van der Waals surface area contributed by atoms with E-state index < -0.39 is 5.79 Å². The van der Waals surface area contributed by atoms with Crippen LogP contribution >= 0.6 is 0 Å². The molecular formula is C26H40O4. The number of hydrogen-bond acceptors (Lipinski definition) is 4. The SMILES string of the molecule is C[C@H](CO)[C@@H]1O[C@]2(CC[C@@H](C)[C@H](/C=C/[C@H](C)COCc3ccccc3)O2)CC[C@@H]1C. The largest absolute Gasteiger partial charge is 0.396 e. The van der Waals surface area contributed by atoms with Crippen LogP contribution in [0.15, 0.2) is 42.5 Å². The Labute approximate surface area is 182 Å². The van der Waals surface area contributed by atoms with Crippen molar-refractivity contribution in [3.63, 3.8) is 0 Å². The third-order valence-corrected chi connectivity index (χ3v) is 6.76. The van der Waals surface area contributed by atoms with E-state index in [1.165, 1.54) is 5.56 Å². The van der Waals surface area contributed by atoms with Crippen molar-refractivity contribution in [2.24, 2.45) is 23.7 Å². The van der Waals surface area contributed by atoms with Gasteiger partial charge in [0.05, 0.1) is 25.4 Å². The Balaban J connectivity index is 1.53. The molecule has 2 saturated heterocycles. The van der Waals surface area contributed by atoms with E-state index in [4.69, 9.17) is 14.2 Å². The summed E-state index contributed by atoms with van der Waals surface area (Å²) >= 11 is 0. The molecule has 30 heavy (non-hydrogen) atoms. The number of ether oxygens (including phenoxy) is 3. The molecule has 0 bridgehead atoms. The molecule has 2 aliphatic rings. The summed E-state index contributed by atoms with van der Waals surface area (Å²) in [5, 5.41) is 9.63. The summed E-state index contributed by atoms with van der Waals surface area (Å²) in [6, 6.07) is 10.3. The van der Waals surface area contributed by atoms with Gasteiger partial charge in [-0.3, -0.25) is 0 Å². The van der Waals surface area contributed by atoms with Crippen molar-refractivity contribution in [2.75, 3.05) is 13.2 Å². The van der Waals surface area contributed by atoms with Crippen LogP contribution in [-0.2, 0) is 20.8 Å². The predicted octanol–water partition coefficient (Wildman–Crippen LogP) is 5.35. The van der Waals surface area contributed by atoms with Crippen LogP contribution in [0, 0.1) is 23.7 Å². The van der Waals surface area contributed by atoms with E-state index in [1.807, 2.05) is 18.2 Å². The first kappa shape index (κ1) is 23.5. The lowest BCUT2D eigenvalue weighted by molar-refractivity contribution is -0.331. The van der Waals surface area contributed by atoms with Crippen LogP contribution in [0.4, 0.5) is 0 Å². The summed E-state index contributed by atoms with van der Waals surface area (Å²) in [6.07, 6.45) is 8.64. The van der Waals surface area contributed by atoms with Gasteiger partial charge >= 0.3 is 0 Å². The fraction of sp³-hybridized carbons (Fsp3) is 0.692. The van der Waals surface area contributed by atoms with E-state index in [0.717, 1.165) is 25.7 Å². The van der Waals surface area contributed by atoms with Crippen molar-refractivity contribution in [1.29, 1.82) is 0 Å². The monoisotopic (exact) mass is 416 g/mol. The molecule has 1 aromatic carbocycles. The third-order valence-electron chi connectivity index (χ3n) is 6.76. The zero-order valence-electron chi connectivity index (χ0n) is 19.1. The van der Waals surface area contributed by atoms with E-state index >= 15 is 0 Å². The van der Waals surface area contributed by atoms with Gasteiger partial charge in [-0.15, -0.1) is 0 Å². The number of rotatable bonds is 8. The van der Waals surface area contributed by atoms with Crippen molar-refractivity contribution in [1.82, 2.24) is 0 Å². The molecular weight excluding hydrogens is 376 g/mol. The highest BCUT2D eigenvalue weighted by atomic mass is 16.7. The highest BCUT2D eigenvalue weighted by Crippen LogP contribution is 2.44. The van der Waals surface area contributed by atoms with Crippen molar-refractivity contribution >= 4 is 0 Å². The molecule has 2 heterocycles. The molecule has 7 atom stereocenters. The first-order valence-electron chi connectivity index (χ1n) is 11.7. The zero-order valence-corrected chi connectivity index (χ0v) is 19.1. The van der Waals surface area contributed by atoms with Gasteiger partial charge in [0.15, 0.2) is 5.79 Å². The average molecular weight is 417 g/mol. The van der Waals surface area contributed by atoms with E-state index in [0.29, 0.717) is 31.0 Å². The molecule has 3 rings (SSSR count). The molecule has 4 heteroatoms. The van der Waals surface area contributed by atoms with Crippen LogP contribution in [0.3, 0.4) is 0 Å². The molecule has 0 unspecified atom stereocenters. The molecule has 2 fully saturated rings. The van der Waals surface area contributed by atoms with Crippen molar-refractivity contribution < 1.29 is 19.3 Å². The number of hydrogen-bond donors (Lipinski definition) is 1. The molecule has 0 aromatic heterocycles. The standard InChI is InChI=1S/C26H40O4/c1-19(17-28-18-23-8-6-5-7-9-23)10-11-24-20(2)12-14-26(29-24)15-13-21(3)25(30-26)22(4)16-27/h5-11,19-22,24-25,27H,12-18H2,1-4H3/b11-10+/t19-,20+,21-,22+,24-,25+,26+/m0/s1. The lowest BCUT2D eigenvalue weighted by atomic mass is 9.81. The summed E-state index contributed by atoms with van der Waals surface area (Å²) in [7, 11) is 0. The summed E-state index contributed by atoms with van der Waals surface area (Å²) < 4.78 is 19.0. The predicted molar refractivity (Wildman–Crippen MR) is 120 cm³/mol. The van der Waals surface area contributed by atoms with Gasteiger partial charge in [-0.2, -0.15) is 0 Å². The Morgan fingerprint density at radius 1 is 1.10 bits per heavy atom. The van der Waals surface area contributed by atoms with Gasteiger partial charge in [-0.05, 0) is 36.2 Å². The fourth-order valence-corrected chi connectivity index (χ4v) is 4.64. The van der Waals surface area contributed by atoms with Gasteiger partial charge < -0.3 is 19.3 Å². The van der Waals surface area contributed by atoms with E-state index in [1.54, 1.807) is 0 Å². The van der Waals surface area contributed by atoms with Gasteiger partial charge in [0.1, 0.15) is 0 Å². The van der Waals surface area contributed by atoms with Crippen LogP contribution in [-0.4, -0.2) is 36.3 Å². The summed E-state index contributed by atoms with van der Waals surface area (Å²) in [4.78, 5) is 0. The number of aliphatic hydroxyl groups is 1. The quantitative estimate of drug-likeness (QED) is 0.580. The van der Waals surface area contributed by atoms with Gasteiger partial charge in [-0.1, -0.05) is 70.2 Å². The Hall–Kier alpha value is -1.20. The Morgan fingerprint density at radius 3 is 2.50 bits per heavy atom. The average Bonchev–Trinajstić information content (AvgIpc) is 2.76. The molecule has 4 nitrogen and oxygen atoms in total. The van der Waals surface area contributed by atoms with Gasteiger partial charge in [-0.25, -0.2) is 0 Å². The molecule has 1 aromatic rings. The maximum Gasteiger partial charge on any atom is 0.169 e. The second-order valence-corrected chi connectivity index (χ2v) is 9.63. The minimum absolute atomic E-state index is 0.0621. The fourth-order valence-electron chi connectivity index (χ4n) is 4.64. The summed E-state index contributed by atoms with van der Waals surface area (Å²) in [5.41, 5.74) is 1.20. The van der Waals surface area contributed by atoms with Crippen molar-refractivity contribution in [3.8, 4) is 0 Å². The number of benzene rings is 1. The van der Waals surface area contributed by atoms with E-state index in [9.17, 15) is 5.11 Å². The molecule has 168 valence electrons. The lowest BCUT2D eigenvalue weighted by Crippen LogP contribution is -2.53. The van der Waals surface area contributed by atoms with Crippen LogP contribution in [0.2, 0.25) is 0 Å². The van der Waals surface area contributed by atoms with Gasteiger partial charge in [0.25, 0.3) is 0 Å². The van der Waals surface area contributed by atoms with Gasteiger partial charge in [0.2, 0.25) is 0 Å². The Kier molecular flexibility index (Phi) is 8.52. The van der Waals surface area contributed by atoms with Crippen LogP contribution in [0.25, 0.3) is 0 Å².